The van der Waals surface area contributed by atoms with Gasteiger partial charge >= 0.3 is 0 Å². The first kappa shape index (κ1) is 12.0. The van der Waals surface area contributed by atoms with E-state index in [0.29, 0.717) is 0 Å². The van der Waals surface area contributed by atoms with E-state index in [2.05, 4.69) is 20.8 Å². The third-order valence-corrected chi connectivity index (χ3v) is 5.13. The normalized spacial score (nSPS) is 13.9. The Balaban J connectivity index is 3.35. The molecule has 0 rings (SSSR count). The van der Waals surface area contributed by atoms with Gasteiger partial charge in [-0.3, -0.25) is 0 Å². The molecule has 68 valence electrons. The van der Waals surface area contributed by atoms with Crippen molar-refractivity contribution in [3.05, 3.63) is 0 Å². The molecular weight excluding hydrogens is 196 g/mol. The second kappa shape index (κ2) is 7.63. The highest BCUT2D eigenvalue weighted by molar-refractivity contribution is 8.77. The Morgan fingerprint density at radius 3 is 2.27 bits per heavy atom. The summed E-state index contributed by atoms with van der Waals surface area (Å²) < 4.78 is 0. The number of halogens is 1. The van der Waals surface area contributed by atoms with E-state index in [-0.39, 0.29) is 0 Å². The van der Waals surface area contributed by atoms with E-state index in [4.69, 9.17) is 11.6 Å². The largest absolute Gasteiger partial charge is 0.127 e. The third-order valence-electron chi connectivity index (χ3n) is 1.27. The fourth-order valence-corrected chi connectivity index (χ4v) is 3.59. The van der Waals surface area contributed by atoms with Crippen LogP contribution in [-0.4, -0.2) is 16.4 Å². The van der Waals surface area contributed by atoms with Gasteiger partial charge < -0.3 is 0 Å². The van der Waals surface area contributed by atoms with Crippen LogP contribution in [0.2, 0.25) is 0 Å². The van der Waals surface area contributed by atoms with E-state index in [0.717, 1.165) is 22.8 Å². The highest BCUT2D eigenvalue weighted by Crippen LogP contribution is 2.33. The van der Waals surface area contributed by atoms with Crippen LogP contribution in [0.5, 0.6) is 0 Å². The maximum atomic E-state index is 5.67. The molecule has 0 amide bonds. The van der Waals surface area contributed by atoms with Crippen molar-refractivity contribution in [2.24, 2.45) is 0 Å². The summed E-state index contributed by atoms with van der Waals surface area (Å²) in [4.78, 5) is 0. The van der Waals surface area contributed by atoms with E-state index >= 15 is 0 Å². The maximum Gasteiger partial charge on any atom is 0.0234 e. The predicted molar refractivity (Wildman–Crippen MR) is 59.7 cm³/mol. The third kappa shape index (κ3) is 7.35. The van der Waals surface area contributed by atoms with Crippen LogP contribution in [0.15, 0.2) is 0 Å². The lowest BCUT2D eigenvalue weighted by molar-refractivity contribution is 0.801. The van der Waals surface area contributed by atoms with Crippen molar-refractivity contribution in [1.82, 2.24) is 0 Å². The summed E-state index contributed by atoms with van der Waals surface area (Å²) in [6.45, 7) is 6.68. The van der Waals surface area contributed by atoms with Crippen LogP contribution >= 0.6 is 33.2 Å². The van der Waals surface area contributed by atoms with Crippen molar-refractivity contribution < 1.29 is 0 Å². The number of alkyl halides is 1. The van der Waals surface area contributed by atoms with Gasteiger partial charge in [-0.05, 0) is 12.8 Å². The molecule has 1 atom stereocenters. The van der Waals surface area contributed by atoms with E-state index in [1.807, 2.05) is 21.6 Å². The molecule has 11 heavy (non-hydrogen) atoms. The number of hydrogen-bond acceptors (Lipinski definition) is 2. The molecule has 0 unspecified atom stereocenters. The molecule has 0 aromatic rings. The molecule has 0 radical (unpaired) electrons. The smallest absolute Gasteiger partial charge is 0.0234 e. The number of rotatable bonds is 6. The molecule has 0 saturated carbocycles. The maximum absolute atomic E-state index is 5.67. The monoisotopic (exact) mass is 212 g/mol. The highest BCUT2D eigenvalue weighted by atomic mass is 35.5. The number of hydrogen-bond donors (Lipinski definition) is 0. The molecule has 0 N–H and O–H groups in total. The van der Waals surface area contributed by atoms with Gasteiger partial charge in [0.15, 0.2) is 0 Å². The molecule has 0 saturated heterocycles. The summed E-state index contributed by atoms with van der Waals surface area (Å²) >= 11 is 5.67. The zero-order chi connectivity index (χ0) is 8.69. The standard InChI is InChI=1S/C8H17ClS2/c1-4-8(5-6-9)11-10-7(2)3/h7-8H,4-6H2,1-3H3/t8-/m1/s1. The SMILES string of the molecule is CC[C@H](CCCl)SSC(C)C. The van der Waals surface area contributed by atoms with Gasteiger partial charge in [-0.25, -0.2) is 0 Å². The summed E-state index contributed by atoms with van der Waals surface area (Å²) in [5.41, 5.74) is 0. The van der Waals surface area contributed by atoms with Crippen LogP contribution in [0.1, 0.15) is 33.6 Å². The van der Waals surface area contributed by atoms with Crippen molar-refractivity contribution in [2.75, 3.05) is 5.88 Å². The van der Waals surface area contributed by atoms with Crippen molar-refractivity contribution in [3.8, 4) is 0 Å². The first-order valence-corrected chi connectivity index (χ1v) is 6.89. The average Bonchev–Trinajstić information content (AvgIpc) is 1.97. The summed E-state index contributed by atoms with van der Waals surface area (Å²) in [5, 5.41) is 1.48. The minimum Gasteiger partial charge on any atom is -0.127 e. The molecule has 0 aliphatic heterocycles. The Bertz CT molecular complexity index is 86.2. The van der Waals surface area contributed by atoms with Crippen molar-refractivity contribution in [2.45, 2.75) is 44.1 Å². The molecule has 0 aliphatic rings. The van der Waals surface area contributed by atoms with E-state index in [9.17, 15) is 0 Å². The molecule has 0 spiro atoms. The molecule has 0 bridgehead atoms. The van der Waals surface area contributed by atoms with Crippen LogP contribution in [-0.2, 0) is 0 Å². The topological polar surface area (TPSA) is 0 Å². The predicted octanol–water partition coefficient (Wildman–Crippen LogP) is 4.18. The molecule has 0 aromatic carbocycles. The van der Waals surface area contributed by atoms with Gasteiger partial charge in [-0.1, -0.05) is 42.4 Å². The molecule has 0 heterocycles. The minimum atomic E-state index is 0.726. The van der Waals surface area contributed by atoms with Gasteiger partial charge in [0.2, 0.25) is 0 Å². The summed E-state index contributed by atoms with van der Waals surface area (Å²) in [7, 11) is 3.95. The lowest BCUT2D eigenvalue weighted by atomic mass is 10.3. The van der Waals surface area contributed by atoms with Crippen LogP contribution in [0.4, 0.5) is 0 Å². The molecule has 0 aromatic heterocycles. The van der Waals surface area contributed by atoms with Crippen LogP contribution in [0.25, 0.3) is 0 Å². The Morgan fingerprint density at radius 1 is 1.27 bits per heavy atom. The van der Waals surface area contributed by atoms with E-state index in [1.165, 1.54) is 6.42 Å². The summed E-state index contributed by atoms with van der Waals surface area (Å²) in [6, 6.07) is 0. The van der Waals surface area contributed by atoms with Gasteiger partial charge in [0, 0.05) is 16.4 Å². The summed E-state index contributed by atoms with van der Waals surface area (Å²) in [6.07, 6.45) is 2.37. The Morgan fingerprint density at radius 2 is 1.91 bits per heavy atom. The van der Waals surface area contributed by atoms with Crippen molar-refractivity contribution in [3.63, 3.8) is 0 Å². The van der Waals surface area contributed by atoms with Gasteiger partial charge in [-0.15, -0.1) is 11.6 Å². The molecule has 0 fully saturated rings. The van der Waals surface area contributed by atoms with Crippen molar-refractivity contribution >= 4 is 33.2 Å². The van der Waals surface area contributed by atoms with E-state index < -0.39 is 0 Å². The lowest BCUT2D eigenvalue weighted by Crippen LogP contribution is -2.00. The highest BCUT2D eigenvalue weighted by Gasteiger charge is 2.07. The minimum absolute atomic E-state index is 0.726. The van der Waals surface area contributed by atoms with Gasteiger partial charge in [0.25, 0.3) is 0 Å². The Hall–Kier alpha value is 0.990. The second-order valence-corrected chi connectivity index (χ2v) is 6.28. The molecule has 0 nitrogen and oxygen atoms in total. The first-order chi connectivity index (χ1) is 5.20. The van der Waals surface area contributed by atoms with Gasteiger partial charge in [0.1, 0.15) is 0 Å². The fourth-order valence-electron chi connectivity index (χ4n) is 0.632. The van der Waals surface area contributed by atoms with Crippen LogP contribution in [0, 0.1) is 0 Å². The van der Waals surface area contributed by atoms with Crippen LogP contribution in [0.3, 0.4) is 0 Å². The van der Waals surface area contributed by atoms with Gasteiger partial charge in [0.05, 0.1) is 0 Å². The molecular formula is C8H17ClS2. The van der Waals surface area contributed by atoms with Gasteiger partial charge in [-0.2, -0.15) is 0 Å². The Kier molecular flexibility index (Phi) is 8.32. The first-order valence-electron chi connectivity index (χ1n) is 4.08. The molecule has 0 aliphatic carbocycles. The molecule has 3 heteroatoms. The van der Waals surface area contributed by atoms with Crippen molar-refractivity contribution in [1.29, 1.82) is 0 Å². The Labute approximate surface area is 83.2 Å². The van der Waals surface area contributed by atoms with E-state index in [1.54, 1.807) is 0 Å². The second-order valence-electron chi connectivity index (χ2n) is 2.75. The average molecular weight is 213 g/mol. The lowest BCUT2D eigenvalue weighted by Gasteiger charge is -2.12. The fraction of sp³-hybridized carbons (Fsp3) is 1.00. The summed E-state index contributed by atoms with van der Waals surface area (Å²) in [5.74, 6) is 0.796. The zero-order valence-corrected chi connectivity index (χ0v) is 9.86. The van der Waals surface area contributed by atoms with Crippen LogP contribution < -0.4 is 0 Å². The zero-order valence-electron chi connectivity index (χ0n) is 7.47. The quantitative estimate of drug-likeness (QED) is 0.479.